The van der Waals surface area contributed by atoms with Crippen LogP contribution < -0.4 is 15.0 Å². The smallest absolute Gasteiger partial charge is 0.482 e. The van der Waals surface area contributed by atoms with Gasteiger partial charge in [0.2, 0.25) is 0 Å². The number of methoxy groups -OCH3 is 1. The van der Waals surface area contributed by atoms with Crippen LogP contribution in [-0.4, -0.2) is 18.5 Å². The molecule has 0 atom stereocenters. The van der Waals surface area contributed by atoms with Crippen LogP contribution in [0.1, 0.15) is 5.56 Å². The van der Waals surface area contributed by atoms with Crippen LogP contribution in [0.2, 0.25) is 0 Å². The average molecular weight is 258 g/mol. The molecule has 0 aliphatic rings. The molecule has 1 rings (SSSR count). The van der Waals surface area contributed by atoms with E-state index in [0.717, 1.165) is 6.07 Å². The van der Waals surface area contributed by atoms with E-state index in [1.807, 2.05) is 0 Å². The standard InChI is InChI=1S/C8H7ClF3NO3/c1-15-5-2-4(3-9)6(7(14)13-5)16-8(10,11)12/h2H,3H2,1H3,(H,13,14). The Kier molecular flexibility index (Phi) is 3.69. The van der Waals surface area contributed by atoms with Gasteiger partial charge in [0.05, 0.1) is 13.0 Å². The van der Waals surface area contributed by atoms with Gasteiger partial charge in [-0.1, -0.05) is 0 Å². The molecule has 0 saturated heterocycles. The number of H-pyrrole nitrogens is 1. The molecule has 1 aromatic heterocycles. The van der Waals surface area contributed by atoms with Gasteiger partial charge in [-0.05, 0) is 0 Å². The fourth-order valence-electron chi connectivity index (χ4n) is 1.01. The number of halogens is 4. The summed E-state index contributed by atoms with van der Waals surface area (Å²) in [6.45, 7) is 0. The van der Waals surface area contributed by atoms with Gasteiger partial charge in [-0.3, -0.25) is 9.78 Å². The van der Waals surface area contributed by atoms with Crippen molar-refractivity contribution < 1.29 is 22.6 Å². The van der Waals surface area contributed by atoms with Crippen LogP contribution in [0, 0.1) is 0 Å². The minimum absolute atomic E-state index is 0.00942. The summed E-state index contributed by atoms with van der Waals surface area (Å²) in [7, 11) is 1.26. The Morgan fingerprint density at radius 1 is 1.50 bits per heavy atom. The molecule has 1 heterocycles. The lowest BCUT2D eigenvalue weighted by Gasteiger charge is -2.11. The number of hydrogen-bond donors (Lipinski definition) is 1. The number of hydrogen-bond acceptors (Lipinski definition) is 3. The molecule has 0 unspecified atom stereocenters. The molecule has 8 heteroatoms. The zero-order valence-corrected chi connectivity index (χ0v) is 8.78. The van der Waals surface area contributed by atoms with Gasteiger partial charge >= 0.3 is 6.36 Å². The quantitative estimate of drug-likeness (QED) is 0.843. The van der Waals surface area contributed by atoms with Gasteiger partial charge < -0.3 is 9.47 Å². The Labute approximate surface area is 92.9 Å². The molecular formula is C8H7ClF3NO3. The number of pyridine rings is 1. The van der Waals surface area contributed by atoms with E-state index in [2.05, 4.69) is 14.5 Å². The van der Waals surface area contributed by atoms with Gasteiger partial charge in [0, 0.05) is 11.6 Å². The highest BCUT2D eigenvalue weighted by Crippen LogP contribution is 2.25. The van der Waals surface area contributed by atoms with Crippen molar-refractivity contribution in [3.63, 3.8) is 0 Å². The van der Waals surface area contributed by atoms with Crippen molar-refractivity contribution in [2.75, 3.05) is 7.11 Å². The molecule has 0 amide bonds. The second-order valence-corrected chi connectivity index (χ2v) is 2.97. The summed E-state index contributed by atoms with van der Waals surface area (Å²) >= 11 is 5.41. The van der Waals surface area contributed by atoms with Crippen molar-refractivity contribution in [3.05, 3.63) is 22.0 Å². The van der Waals surface area contributed by atoms with Gasteiger partial charge in [-0.15, -0.1) is 24.8 Å². The van der Waals surface area contributed by atoms with Crippen LogP contribution in [0.15, 0.2) is 10.9 Å². The maximum absolute atomic E-state index is 12.0. The van der Waals surface area contributed by atoms with E-state index < -0.39 is 17.7 Å². The van der Waals surface area contributed by atoms with Gasteiger partial charge in [0.25, 0.3) is 5.56 Å². The molecule has 4 nitrogen and oxygen atoms in total. The first kappa shape index (κ1) is 12.7. The number of aromatic amines is 1. The molecule has 0 aromatic carbocycles. The first-order chi connectivity index (χ1) is 7.37. The SMILES string of the molecule is COc1cc(CCl)c(OC(F)(F)F)c(=O)[nH]1. The molecule has 0 saturated carbocycles. The molecule has 16 heavy (non-hydrogen) atoms. The zero-order valence-electron chi connectivity index (χ0n) is 8.02. The summed E-state index contributed by atoms with van der Waals surface area (Å²) in [5, 5.41) is 0. The van der Waals surface area contributed by atoms with E-state index in [-0.39, 0.29) is 17.3 Å². The monoisotopic (exact) mass is 257 g/mol. The van der Waals surface area contributed by atoms with Crippen molar-refractivity contribution >= 4 is 11.6 Å². The number of nitrogens with one attached hydrogen (secondary N) is 1. The lowest BCUT2D eigenvalue weighted by atomic mass is 10.3. The van der Waals surface area contributed by atoms with E-state index >= 15 is 0 Å². The van der Waals surface area contributed by atoms with Gasteiger partial charge in [0.1, 0.15) is 0 Å². The van der Waals surface area contributed by atoms with Crippen LogP contribution in [0.4, 0.5) is 13.2 Å². The Balaban J connectivity index is 3.22. The second-order valence-electron chi connectivity index (χ2n) is 2.70. The summed E-state index contributed by atoms with van der Waals surface area (Å²) in [4.78, 5) is 13.3. The van der Waals surface area contributed by atoms with Crippen LogP contribution >= 0.6 is 11.6 Å². The highest BCUT2D eigenvalue weighted by atomic mass is 35.5. The molecule has 90 valence electrons. The zero-order chi connectivity index (χ0) is 12.3. The Morgan fingerprint density at radius 3 is 2.56 bits per heavy atom. The maximum Gasteiger partial charge on any atom is 0.573 e. The van der Waals surface area contributed by atoms with Crippen LogP contribution in [-0.2, 0) is 5.88 Å². The Morgan fingerprint density at radius 2 is 2.12 bits per heavy atom. The molecule has 0 aliphatic carbocycles. The summed E-state index contributed by atoms with van der Waals surface area (Å²) in [5.74, 6) is -1.16. The summed E-state index contributed by atoms with van der Waals surface area (Å²) < 4.78 is 44.2. The first-order valence-corrected chi connectivity index (χ1v) is 4.52. The van der Waals surface area contributed by atoms with E-state index in [9.17, 15) is 18.0 Å². The summed E-state index contributed by atoms with van der Waals surface area (Å²) in [6.07, 6.45) is -4.94. The minimum atomic E-state index is -4.94. The third-order valence-electron chi connectivity index (χ3n) is 1.62. The Hall–Kier alpha value is -1.37. The van der Waals surface area contributed by atoms with E-state index in [4.69, 9.17) is 11.6 Å². The predicted octanol–water partition coefficient (Wildman–Crippen LogP) is 2.02. The third kappa shape index (κ3) is 3.06. The highest BCUT2D eigenvalue weighted by molar-refractivity contribution is 6.17. The third-order valence-corrected chi connectivity index (χ3v) is 1.91. The van der Waals surface area contributed by atoms with Crippen molar-refractivity contribution in [1.29, 1.82) is 0 Å². The molecular weight excluding hydrogens is 251 g/mol. The van der Waals surface area contributed by atoms with E-state index in [0.29, 0.717) is 0 Å². The maximum atomic E-state index is 12.0. The summed E-state index contributed by atoms with van der Waals surface area (Å²) in [5.41, 5.74) is -1.15. The lowest BCUT2D eigenvalue weighted by molar-refractivity contribution is -0.275. The molecule has 1 N–H and O–H groups in total. The fraction of sp³-hybridized carbons (Fsp3) is 0.375. The number of alkyl halides is 4. The average Bonchev–Trinajstić information content (AvgIpc) is 2.19. The molecule has 0 fully saturated rings. The van der Waals surface area contributed by atoms with E-state index in [1.54, 1.807) is 0 Å². The minimum Gasteiger partial charge on any atom is -0.482 e. The van der Waals surface area contributed by atoms with Gasteiger partial charge in [-0.25, -0.2) is 0 Å². The van der Waals surface area contributed by atoms with Crippen LogP contribution in [0.25, 0.3) is 0 Å². The van der Waals surface area contributed by atoms with Crippen molar-refractivity contribution in [3.8, 4) is 11.6 Å². The number of aromatic nitrogens is 1. The van der Waals surface area contributed by atoms with Crippen LogP contribution in [0.5, 0.6) is 11.6 Å². The first-order valence-electron chi connectivity index (χ1n) is 3.99. The van der Waals surface area contributed by atoms with Gasteiger partial charge in [0.15, 0.2) is 11.6 Å². The van der Waals surface area contributed by atoms with Crippen molar-refractivity contribution in [2.24, 2.45) is 0 Å². The second kappa shape index (κ2) is 4.65. The van der Waals surface area contributed by atoms with E-state index in [1.165, 1.54) is 7.11 Å². The number of rotatable bonds is 3. The Bertz CT molecular complexity index is 430. The largest absolute Gasteiger partial charge is 0.573 e. The highest BCUT2D eigenvalue weighted by Gasteiger charge is 2.33. The lowest BCUT2D eigenvalue weighted by Crippen LogP contribution is -2.24. The normalized spacial score (nSPS) is 11.3. The number of ether oxygens (including phenoxy) is 2. The molecule has 0 spiro atoms. The van der Waals surface area contributed by atoms with Crippen molar-refractivity contribution in [1.82, 2.24) is 4.98 Å². The van der Waals surface area contributed by atoms with Gasteiger partial charge in [-0.2, -0.15) is 0 Å². The van der Waals surface area contributed by atoms with Crippen LogP contribution in [0.3, 0.4) is 0 Å². The van der Waals surface area contributed by atoms with Crippen molar-refractivity contribution in [2.45, 2.75) is 12.2 Å². The fourth-order valence-corrected chi connectivity index (χ4v) is 1.21. The summed E-state index contributed by atoms with van der Waals surface area (Å²) in [6, 6.07) is 1.16. The molecule has 1 aromatic rings. The molecule has 0 aliphatic heterocycles. The molecule has 0 radical (unpaired) electrons. The topological polar surface area (TPSA) is 51.3 Å². The molecule has 0 bridgehead atoms. The predicted molar refractivity (Wildman–Crippen MR) is 49.9 cm³/mol.